The van der Waals surface area contributed by atoms with Crippen LogP contribution >= 0.6 is 0 Å². The normalized spacial score (nSPS) is 17.5. The maximum absolute atomic E-state index is 14.3. The van der Waals surface area contributed by atoms with Gasteiger partial charge in [-0.25, -0.2) is 9.40 Å². The van der Waals surface area contributed by atoms with Crippen LogP contribution in [0.25, 0.3) is 0 Å². The molecule has 0 aliphatic carbocycles. The fourth-order valence-electron chi connectivity index (χ4n) is 5.26. The van der Waals surface area contributed by atoms with E-state index in [1.807, 2.05) is 60.4 Å². The van der Waals surface area contributed by atoms with Crippen molar-refractivity contribution in [3.8, 4) is 17.2 Å². The Morgan fingerprint density at radius 2 is 1.68 bits per heavy atom. The number of carbonyl (C=O) groups is 1. The molecule has 1 saturated heterocycles. The van der Waals surface area contributed by atoms with E-state index >= 15 is 0 Å². The molecule has 40 heavy (non-hydrogen) atoms. The van der Waals surface area contributed by atoms with E-state index in [2.05, 4.69) is 4.90 Å². The lowest BCUT2D eigenvalue weighted by molar-refractivity contribution is -0.134. The standard InChI is InChI=1S/C31H35FN4O4/c1-4-40-24-12-9-22(10-13-24)28-20-26(23-11-14-29(38-2)30(19-23)39-3)33-36(28)31(37)21-34-15-17-35(18-16-34)27-8-6-5-7-25(27)32/h5-14,19,28H,4,15-18,20-21H2,1-3H3. The highest BCUT2D eigenvalue weighted by Crippen LogP contribution is 2.36. The number of hydrazone groups is 1. The number of methoxy groups -OCH3 is 2. The van der Waals surface area contributed by atoms with Crippen molar-refractivity contribution in [1.29, 1.82) is 0 Å². The Balaban J connectivity index is 1.34. The topological polar surface area (TPSA) is 66.8 Å². The maximum atomic E-state index is 14.3. The van der Waals surface area contributed by atoms with Gasteiger partial charge in [0.15, 0.2) is 11.5 Å². The molecule has 8 nitrogen and oxygen atoms in total. The first-order chi connectivity index (χ1) is 19.5. The van der Waals surface area contributed by atoms with Crippen LogP contribution in [0.2, 0.25) is 0 Å². The summed E-state index contributed by atoms with van der Waals surface area (Å²) in [5.74, 6) is 1.73. The molecular weight excluding hydrogens is 511 g/mol. The quantitative estimate of drug-likeness (QED) is 0.386. The number of anilines is 1. The van der Waals surface area contributed by atoms with Crippen molar-refractivity contribution in [2.75, 3.05) is 58.5 Å². The van der Waals surface area contributed by atoms with Gasteiger partial charge >= 0.3 is 0 Å². The number of hydrogen-bond donors (Lipinski definition) is 0. The Hall–Kier alpha value is -4.11. The smallest absolute Gasteiger partial charge is 0.257 e. The van der Waals surface area contributed by atoms with Gasteiger partial charge in [0, 0.05) is 38.2 Å². The van der Waals surface area contributed by atoms with Crippen LogP contribution in [0.5, 0.6) is 17.2 Å². The van der Waals surface area contributed by atoms with Crippen molar-refractivity contribution in [2.45, 2.75) is 19.4 Å². The van der Waals surface area contributed by atoms with E-state index in [9.17, 15) is 9.18 Å². The first-order valence-electron chi connectivity index (χ1n) is 13.6. The fraction of sp³-hybridized carbons (Fsp3) is 0.355. The number of halogens is 1. The van der Waals surface area contributed by atoms with Crippen molar-refractivity contribution in [3.63, 3.8) is 0 Å². The van der Waals surface area contributed by atoms with E-state index in [1.54, 1.807) is 31.4 Å². The predicted octanol–water partition coefficient (Wildman–Crippen LogP) is 4.74. The van der Waals surface area contributed by atoms with Crippen LogP contribution in [0.15, 0.2) is 71.8 Å². The van der Waals surface area contributed by atoms with E-state index in [1.165, 1.54) is 6.07 Å². The first-order valence-corrected chi connectivity index (χ1v) is 13.6. The molecule has 0 radical (unpaired) electrons. The van der Waals surface area contributed by atoms with Crippen molar-refractivity contribution < 1.29 is 23.4 Å². The number of amides is 1. The van der Waals surface area contributed by atoms with Gasteiger partial charge in [0.1, 0.15) is 11.6 Å². The van der Waals surface area contributed by atoms with Crippen LogP contribution in [0.4, 0.5) is 10.1 Å². The van der Waals surface area contributed by atoms with Crippen LogP contribution in [0.3, 0.4) is 0 Å². The number of benzene rings is 3. The van der Waals surface area contributed by atoms with Crippen LogP contribution in [0, 0.1) is 5.82 Å². The number of piperazine rings is 1. The van der Waals surface area contributed by atoms with E-state index in [0.29, 0.717) is 56.4 Å². The summed E-state index contributed by atoms with van der Waals surface area (Å²) in [6.07, 6.45) is 0.566. The third-order valence-electron chi connectivity index (χ3n) is 7.38. The molecule has 0 bridgehead atoms. The number of para-hydroxylation sites is 1. The molecule has 3 aromatic carbocycles. The molecule has 0 spiro atoms. The molecule has 0 aromatic heterocycles. The Morgan fingerprint density at radius 1 is 0.950 bits per heavy atom. The molecule has 0 N–H and O–H groups in total. The molecule has 1 atom stereocenters. The van der Waals surface area contributed by atoms with Gasteiger partial charge in [-0.15, -0.1) is 0 Å². The van der Waals surface area contributed by atoms with Crippen molar-refractivity contribution >= 4 is 17.3 Å². The average molecular weight is 547 g/mol. The monoisotopic (exact) mass is 546 g/mol. The summed E-state index contributed by atoms with van der Waals surface area (Å²) in [6, 6.07) is 20.1. The van der Waals surface area contributed by atoms with Gasteiger partial charge in [0.25, 0.3) is 5.91 Å². The van der Waals surface area contributed by atoms with Gasteiger partial charge in [-0.3, -0.25) is 9.69 Å². The van der Waals surface area contributed by atoms with E-state index in [0.717, 1.165) is 22.6 Å². The van der Waals surface area contributed by atoms with Gasteiger partial charge < -0.3 is 19.1 Å². The summed E-state index contributed by atoms with van der Waals surface area (Å²) in [4.78, 5) is 17.8. The SMILES string of the molecule is CCOc1ccc(C2CC(c3ccc(OC)c(OC)c3)=NN2C(=O)CN2CCN(c3ccccc3F)CC2)cc1. The Kier molecular flexibility index (Phi) is 8.50. The third-order valence-corrected chi connectivity index (χ3v) is 7.38. The molecule has 9 heteroatoms. The lowest BCUT2D eigenvalue weighted by Crippen LogP contribution is -2.49. The second-order valence-electron chi connectivity index (χ2n) is 9.79. The minimum Gasteiger partial charge on any atom is -0.494 e. The molecule has 2 aliphatic heterocycles. The highest BCUT2D eigenvalue weighted by Gasteiger charge is 2.34. The molecule has 1 unspecified atom stereocenters. The van der Waals surface area contributed by atoms with Crippen molar-refractivity contribution in [1.82, 2.24) is 9.91 Å². The zero-order valence-electron chi connectivity index (χ0n) is 23.2. The summed E-state index contributed by atoms with van der Waals surface area (Å²) in [7, 11) is 3.20. The molecule has 5 rings (SSSR count). The second-order valence-corrected chi connectivity index (χ2v) is 9.79. The van der Waals surface area contributed by atoms with Gasteiger partial charge in [0.05, 0.1) is 44.8 Å². The Bertz CT molecular complexity index is 1360. The van der Waals surface area contributed by atoms with E-state index < -0.39 is 0 Å². The maximum Gasteiger partial charge on any atom is 0.257 e. The molecule has 3 aromatic rings. The van der Waals surface area contributed by atoms with Crippen LogP contribution < -0.4 is 19.1 Å². The summed E-state index contributed by atoms with van der Waals surface area (Å²) in [5.41, 5.74) is 3.27. The van der Waals surface area contributed by atoms with Crippen LogP contribution in [-0.4, -0.2) is 75.1 Å². The first kappa shape index (κ1) is 27.5. The Morgan fingerprint density at radius 3 is 2.35 bits per heavy atom. The fourth-order valence-corrected chi connectivity index (χ4v) is 5.26. The molecule has 2 aliphatic rings. The van der Waals surface area contributed by atoms with Crippen LogP contribution in [-0.2, 0) is 4.79 Å². The van der Waals surface area contributed by atoms with Gasteiger partial charge in [-0.2, -0.15) is 5.10 Å². The second kappa shape index (κ2) is 12.4. The minimum absolute atomic E-state index is 0.0753. The van der Waals surface area contributed by atoms with Gasteiger partial charge in [-0.1, -0.05) is 24.3 Å². The average Bonchev–Trinajstić information content (AvgIpc) is 3.44. The minimum atomic E-state index is -0.244. The number of nitrogens with zero attached hydrogens (tertiary/aromatic N) is 4. The largest absolute Gasteiger partial charge is 0.494 e. The molecular formula is C31H35FN4O4. The highest BCUT2D eigenvalue weighted by molar-refractivity contribution is 6.03. The zero-order chi connectivity index (χ0) is 28.1. The molecule has 2 heterocycles. The molecule has 210 valence electrons. The summed E-state index contributed by atoms with van der Waals surface area (Å²) >= 11 is 0. The number of hydrogen-bond acceptors (Lipinski definition) is 7. The number of ether oxygens (including phenoxy) is 3. The summed E-state index contributed by atoms with van der Waals surface area (Å²) in [6.45, 7) is 5.39. The Labute approximate surface area is 234 Å². The lowest BCUT2D eigenvalue weighted by atomic mass is 9.98. The van der Waals surface area contributed by atoms with Gasteiger partial charge in [0.2, 0.25) is 0 Å². The highest BCUT2D eigenvalue weighted by atomic mass is 19.1. The number of rotatable bonds is 9. The molecule has 1 fully saturated rings. The van der Waals surface area contributed by atoms with E-state index in [4.69, 9.17) is 19.3 Å². The third kappa shape index (κ3) is 5.89. The number of carbonyl (C=O) groups excluding carboxylic acids is 1. The van der Waals surface area contributed by atoms with Crippen molar-refractivity contribution in [2.24, 2.45) is 5.10 Å². The lowest BCUT2D eigenvalue weighted by Gasteiger charge is -2.36. The van der Waals surface area contributed by atoms with Crippen LogP contribution in [0.1, 0.15) is 30.5 Å². The zero-order valence-corrected chi connectivity index (χ0v) is 23.2. The van der Waals surface area contributed by atoms with E-state index in [-0.39, 0.29) is 24.3 Å². The predicted molar refractivity (Wildman–Crippen MR) is 153 cm³/mol. The summed E-state index contributed by atoms with van der Waals surface area (Å²) in [5, 5.41) is 6.45. The summed E-state index contributed by atoms with van der Waals surface area (Å²) < 4.78 is 30.8. The van der Waals surface area contributed by atoms with Crippen molar-refractivity contribution in [3.05, 3.63) is 83.7 Å². The molecule has 1 amide bonds. The molecule has 0 saturated carbocycles. The van der Waals surface area contributed by atoms with Gasteiger partial charge in [-0.05, 0) is 55.0 Å².